The second-order valence-corrected chi connectivity index (χ2v) is 12.1. The van der Waals surface area contributed by atoms with E-state index in [0.29, 0.717) is 0 Å². The molecule has 0 atom stereocenters. The maximum Gasteiger partial charge on any atom is 0.191 e. The van der Waals surface area contributed by atoms with E-state index in [9.17, 15) is 5.26 Å². The van der Waals surface area contributed by atoms with Crippen molar-refractivity contribution in [1.82, 2.24) is 4.57 Å². The SMILES string of the molecule is CC(C)(C)[Si](C)(C)OCCCn1cc(C#N)c2ccccc21. The number of para-hydroxylation sites is 1. The molecule has 0 fully saturated rings. The predicted octanol–water partition coefficient (Wildman–Crippen LogP) is 4.92. The van der Waals surface area contributed by atoms with Crippen molar-refractivity contribution in [3.8, 4) is 6.07 Å². The number of rotatable bonds is 5. The van der Waals surface area contributed by atoms with Crippen LogP contribution < -0.4 is 0 Å². The van der Waals surface area contributed by atoms with Gasteiger partial charge in [0.15, 0.2) is 8.32 Å². The minimum atomic E-state index is -1.66. The van der Waals surface area contributed by atoms with Gasteiger partial charge in [0.05, 0.1) is 5.56 Å². The lowest BCUT2D eigenvalue weighted by atomic mass is 10.2. The molecule has 0 saturated heterocycles. The predicted molar refractivity (Wildman–Crippen MR) is 94.4 cm³/mol. The molecule has 22 heavy (non-hydrogen) atoms. The molecular formula is C18H26N2OSi. The Hall–Kier alpha value is -1.57. The summed E-state index contributed by atoms with van der Waals surface area (Å²) < 4.78 is 8.39. The molecule has 1 aromatic heterocycles. The van der Waals surface area contributed by atoms with E-state index in [-0.39, 0.29) is 5.04 Å². The van der Waals surface area contributed by atoms with E-state index in [1.807, 2.05) is 24.4 Å². The van der Waals surface area contributed by atoms with Crippen LogP contribution in [-0.2, 0) is 11.0 Å². The fraction of sp³-hybridized carbons (Fsp3) is 0.500. The Morgan fingerprint density at radius 1 is 1.23 bits per heavy atom. The zero-order valence-electron chi connectivity index (χ0n) is 14.3. The average Bonchev–Trinajstić information content (AvgIpc) is 2.81. The quantitative estimate of drug-likeness (QED) is 0.580. The van der Waals surface area contributed by atoms with Crippen molar-refractivity contribution in [3.05, 3.63) is 36.0 Å². The van der Waals surface area contributed by atoms with Gasteiger partial charge < -0.3 is 8.99 Å². The Morgan fingerprint density at radius 2 is 1.91 bits per heavy atom. The van der Waals surface area contributed by atoms with Crippen molar-refractivity contribution < 1.29 is 4.43 Å². The number of fused-ring (bicyclic) bond motifs is 1. The second-order valence-electron chi connectivity index (χ2n) is 7.33. The van der Waals surface area contributed by atoms with Crippen LogP contribution in [0.3, 0.4) is 0 Å². The van der Waals surface area contributed by atoms with Crippen LogP contribution in [0.1, 0.15) is 32.8 Å². The molecule has 0 bridgehead atoms. The number of nitriles is 1. The van der Waals surface area contributed by atoms with E-state index >= 15 is 0 Å². The first-order valence-corrected chi connectivity index (χ1v) is 10.8. The van der Waals surface area contributed by atoms with Crippen LogP contribution in [-0.4, -0.2) is 19.5 Å². The minimum Gasteiger partial charge on any atom is -0.417 e. The average molecular weight is 315 g/mol. The van der Waals surface area contributed by atoms with Crippen LogP contribution in [0.2, 0.25) is 18.1 Å². The van der Waals surface area contributed by atoms with Crippen LogP contribution in [0.25, 0.3) is 10.9 Å². The molecule has 4 heteroatoms. The fourth-order valence-electron chi connectivity index (χ4n) is 2.30. The van der Waals surface area contributed by atoms with Gasteiger partial charge in [0.1, 0.15) is 6.07 Å². The third kappa shape index (κ3) is 3.42. The minimum absolute atomic E-state index is 0.251. The molecule has 2 rings (SSSR count). The van der Waals surface area contributed by atoms with Gasteiger partial charge in [-0.3, -0.25) is 0 Å². The van der Waals surface area contributed by atoms with E-state index < -0.39 is 8.32 Å². The number of nitrogens with zero attached hydrogens (tertiary/aromatic N) is 2. The number of aromatic nitrogens is 1. The maximum absolute atomic E-state index is 9.23. The number of aryl methyl sites for hydroxylation is 1. The molecular weight excluding hydrogens is 288 g/mol. The first-order chi connectivity index (χ1) is 10.3. The fourth-order valence-corrected chi connectivity index (χ4v) is 3.39. The van der Waals surface area contributed by atoms with Gasteiger partial charge in [-0.2, -0.15) is 5.26 Å². The highest BCUT2D eigenvalue weighted by atomic mass is 28.4. The van der Waals surface area contributed by atoms with Crippen molar-refractivity contribution in [2.75, 3.05) is 6.61 Å². The van der Waals surface area contributed by atoms with Gasteiger partial charge in [0.2, 0.25) is 0 Å². The van der Waals surface area contributed by atoms with Crippen LogP contribution in [0, 0.1) is 11.3 Å². The standard InChI is InChI=1S/C18H26N2OSi/c1-18(2,3)22(4,5)21-12-8-11-20-14-15(13-19)16-9-6-7-10-17(16)20/h6-7,9-10,14H,8,11-12H2,1-5H3. The first kappa shape index (κ1) is 16.8. The summed E-state index contributed by atoms with van der Waals surface area (Å²) >= 11 is 0. The number of hydrogen-bond acceptors (Lipinski definition) is 2. The lowest BCUT2D eigenvalue weighted by Gasteiger charge is -2.36. The molecule has 0 N–H and O–H groups in total. The zero-order valence-corrected chi connectivity index (χ0v) is 15.3. The Bertz CT molecular complexity index is 689. The summed E-state index contributed by atoms with van der Waals surface area (Å²) in [6.45, 7) is 13.0. The summed E-state index contributed by atoms with van der Waals surface area (Å²) in [4.78, 5) is 0. The van der Waals surface area contributed by atoms with E-state index in [1.165, 1.54) is 0 Å². The highest BCUT2D eigenvalue weighted by molar-refractivity contribution is 6.74. The lowest BCUT2D eigenvalue weighted by Crippen LogP contribution is -2.41. The normalized spacial score (nSPS) is 12.5. The summed E-state index contributed by atoms with van der Waals surface area (Å²) in [6.07, 6.45) is 2.92. The molecule has 0 aliphatic rings. The van der Waals surface area contributed by atoms with E-state index in [0.717, 1.165) is 36.0 Å². The maximum atomic E-state index is 9.23. The van der Waals surface area contributed by atoms with E-state index in [2.05, 4.69) is 50.6 Å². The van der Waals surface area contributed by atoms with Gasteiger partial charge in [0, 0.05) is 30.3 Å². The number of hydrogen-bond donors (Lipinski definition) is 0. The Morgan fingerprint density at radius 3 is 2.55 bits per heavy atom. The Labute approximate surface area is 134 Å². The van der Waals surface area contributed by atoms with Crippen molar-refractivity contribution in [2.45, 2.75) is 51.9 Å². The number of benzene rings is 1. The van der Waals surface area contributed by atoms with Crippen molar-refractivity contribution in [1.29, 1.82) is 5.26 Å². The summed E-state index contributed by atoms with van der Waals surface area (Å²) in [5.41, 5.74) is 1.88. The molecule has 3 nitrogen and oxygen atoms in total. The molecule has 118 valence electrons. The van der Waals surface area contributed by atoms with Gasteiger partial charge in [-0.25, -0.2) is 0 Å². The van der Waals surface area contributed by atoms with Crippen LogP contribution >= 0.6 is 0 Å². The first-order valence-electron chi connectivity index (χ1n) is 7.88. The smallest absolute Gasteiger partial charge is 0.191 e. The van der Waals surface area contributed by atoms with E-state index in [1.54, 1.807) is 0 Å². The highest BCUT2D eigenvalue weighted by Gasteiger charge is 2.36. The van der Waals surface area contributed by atoms with Gasteiger partial charge >= 0.3 is 0 Å². The Balaban J connectivity index is 2.01. The summed E-state index contributed by atoms with van der Waals surface area (Å²) in [5.74, 6) is 0. The van der Waals surface area contributed by atoms with Gasteiger partial charge in [-0.05, 0) is 30.6 Å². The molecule has 1 aromatic carbocycles. The van der Waals surface area contributed by atoms with Crippen molar-refractivity contribution >= 4 is 19.2 Å². The monoisotopic (exact) mass is 314 g/mol. The molecule has 0 saturated carbocycles. The lowest BCUT2D eigenvalue weighted by molar-refractivity contribution is 0.276. The topological polar surface area (TPSA) is 38.0 Å². The van der Waals surface area contributed by atoms with Crippen molar-refractivity contribution in [2.24, 2.45) is 0 Å². The van der Waals surface area contributed by atoms with Crippen LogP contribution in [0.5, 0.6) is 0 Å². The Kier molecular flexibility index (Phi) is 4.79. The molecule has 1 heterocycles. The third-order valence-electron chi connectivity index (χ3n) is 4.72. The molecule has 0 aliphatic carbocycles. The van der Waals surface area contributed by atoms with Gasteiger partial charge in [-0.1, -0.05) is 39.0 Å². The molecule has 2 aromatic rings. The molecule has 0 unspecified atom stereocenters. The summed E-state index contributed by atoms with van der Waals surface area (Å²) in [6, 6.07) is 10.4. The van der Waals surface area contributed by atoms with E-state index in [4.69, 9.17) is 4.43 Å². The second kappa shape index (κ2) is 6.27. The third-order valence-corrected chi connectivity index (χ3v) is 9.26. The van der Waals surface area contributed by atoms with Gasteiger partial charge in [-0.15, -0.1) is 0 Å². The van der Waals surface area contributed by atoms with Crippen LogP contribution in [0.15, 0.2) is 30.5 Å². The molecule has 0 spiro atoms. The largest absolute Gasteiger partial charge is 0.417 e. The molecule has 0 amide bonds. The van der Waals surface area contributed by atoms with Crippen LogP contribution in [0.4, 0.5) is 0 Å². The summed E-state index contributed by atoms with van der Waals surface area (Å²) in [7, 11) is -1.66. The van der Waals surface area contributed by atoms with Crippen molar-refractivity contribution in [3.63, 3.8) is 0 Å². The van der Waals surface area contributed by atoms with Gasteiger partial charge in [0.25, 0.3) is 0 Å². The molecule has 0 radical (unpaired) electrons. The summed E-state index contributed by atoms with van der Waals surface area (Å²) in [5, 5.41) is 10.5. The zero-order chi connectivity index (χ0) is 16.4. The highest BCUT2D eigenvalue weighted by Crippen LogP contribution is 2.36. The molecule has 0 aliphatic heterocycles.